The molecule has 2 rings (SSSR count). The van der Waals surface area contributed by atoms with Gasteiger partial charge in [-0.3, -0.25) is 5.10 Å². The van der Waals surface area contributed by atoms with Crippen LogP contribution in [0.1, 0.15) is 19.4 Å². The third-order valence-electron chi connectivity index (χ3n) is 2.51. The number of rotatable bonds is 2. The number of aliphatic hydroxyl groups is 1. The van der Waals surface area contributed by atoms with E-state index in [1.807, 2.05) is 19.2 Å². The fourth-order valence-corrected chi connectivity index (χ4v) is 1.70. The van der Waals surface area contributed by atoms with Gasteiger partial charge in [-0.25, -0.2) is 0 Å². The third kappa shape index (κ3) is 1.68. The van der Waals surface area contributed by atoms with Gasteiger partial charge in [-0.1, -0.05) is 0 Å². The zero-order chi connectivity index (χ0) is 11.1. The molecular formula is C11H15N3O. The average Bonchev–Trinajstić information content (AvgIpc) is 2.60. The summed E-state index contributed by atoms with van der Waals surface area (Å²) in [6, 6.07) is 3.90. The van der Waals surface area contributed by atoms with Crippen molar-refractivity contribution < 1.29 is 5.11 Å². The second kappa shape index (κ2) is 3.24. The smallest absolute Gasteiger partial charge is 0.0861 e. The van der Waals surface area contributed by atoms with E-state index in [1.54, 1.807) is 20.0 Å². The second-order valence-corrected chi connectivity index (χ2v) is 4.16. The van der Waals surface area contributed by atoms with Gasteiger partial charge in [0.25, 0.3) is 0 Å². The molecule has 0 amide bonds. The van der Waals surface area contributed by atoms with E-state index in [1.165, 1.54) is 0 Å². The van der Waals surface area contributed by atoms with Crippen LogP contribution < -0.4 is 5.32 Å². The van der Waals surface area contributed by atoms with Crippen LogP contribution in [0.3, 0.4) is 0 Å². The Hall–Kier alpha value is -1.55. The molecule has 4 heteroatoms. The average molecular weight is 205 g/mol. The van der Waals surface area contributed by atoms with E-state index in [9.17, 15) is 5.11 Å². The highest BCUT2D eigenvalue weighted by Crippen LogP contribution is 2.30. The summed E-state index contributed by atoms with van der Waals surface area (Å²) < 4.78 is 0. The molecule has 0 spiro atoms. The molecule has 1 aromatic heterocycles. The van der Waals surface area contributed by atoms with Gasteiger partial charge >= 0.3 is 0 Å². The maximum atomic E-state index is 10.0. The van der Waals surface area contributed by atoms with E-state index >= 15 is 0 Å². The molecule has 0 aliphatic heterocycles. The van der Waals surface area contributed by atoms with Gasteiger partial charge in [0.05, 0.1) is 17.3 Å². The van der Waals surface area contributed by atoms with Crippen molar-refractivity contribution in [2.24, 2.45) is 0 Å². The van der Waals surface area contributed by atoms with Crippen LogP contribution in [0.2, 0.25) is 0 Å². The Morgan fingerprint density at radius 1 is 1.40 bits per heavy atom. The zero-order valence-corrected chi connectivity index (χ0v) is 9.13. The fourth-order valence-electron chi connectivity index (χ4n) is 1.70. The van der Waals surface area contributed by atoms with Crippen LogP contribution in [-0.4, -0.2) is 22.4 Å². The van der Waals surface area contributed by atoms with Gasteiger partial charge in [0.15, 0.2) is 0 Å². The van der Waals surface area contributed by atoms with Crippen LogP contribution >= 0.6 is 0 Å². The van der Waals surface area contributed by atoms with Crippen LogP contribution in [0.25, 0.3) is 10.9 Å². The highest BCUT2D eigenvalue weighted by molar-refractivity contribution is 5.84. The molecule has 1 heterocycles. The lowest BCUT2D eigenvalue weighted by molar-refractivity contribution is 0.0794. The molecule has 15 heavy (non-hydrogen) atoms. The van der Waals surface area contributed by atoms with E-state index in [4.69, 9.17) is 0 Å². The van der Waals surface area contributed by atoms with E-state index in [0.717, 1.165) is 22.2 Å². The summed E-state index contributed by atoms with van der Waals surface area (Å²) in [7, 11) is 1.84. The molecule has 0 bridgehead atoms. The van der Waals surface area contributed by atoms with Gasteiger partial charge in [0.2, 0.25) is 0 Å². The Morgan fingerprint density at radius 3 is 2.73 bits per heavy atom. The normalized spacial score (nSPS) is 12.0. The van der Waals surface area contributed by atoms with E-state index in [0.29, 0.717) is 0 Å². The molecule has 0 atom stereocenters. The first-order valence-electron chi connectivity index (χ1n) is 4.90. The van der Waals surface area contributed by atoms with Gasteiger partial charge < -0.3 is 10.4 Å². The monoisotopic (exact) mass is 205 g/mol. The predicted octanol–water partition coefficient (Wildman–Crippen LogP) is 1.83. The van der Waals surface area contributed by atoms with Crippen molar-refractivity contribution in [2.75, 3.05) is 12.4 Å². The molecular weight excluding hydrogens is 190 g/mol. The molecule has 0 radical (unpaired) electrons. The van der Waals surface area contributed by atoms with Gasteiger partial charge in [0.1, 0.15) is 0 Å². The largest absolute Gasteiger partial charge is 0.388 e. The van der Waals surface area contributed by atoms with Crippen LogP contribution in [0.15, 0.2) is 18.3 Å². The SMILES string of the molecule is CNc1cc2cn[nH]c2cc1C(C)(C)O. The molecule has 0 aliphatic carbocycles. The zero-order valence-electron chi connectivity index (χ0n) is 9.13. The first-order valence-corrected chi connectivity index (χ1v) is 4.90. The molecule has 4 nitrogen and oxygen atoms in total. The minimum Gasteiger partial charge on any atom is -0.388 e. The van der Waals surface area contributed by atoms with Crippen LogP contribution in [0.5, 0.6) is 0 Å². The van der Waals surface area contributed by atoms with Crippen molar-refractivity contribution >= 4 is 16.6 Å². The van der Waals surface area contributed by atoms with Gasteiger partial charge in [-0.05, 0) is 26.0 Å². The number of aromatic nitrogens is 2. The summed E-state index contributed by atoms with van der Waals surface area (Å²) in [4.78, 5) is 0. The number of hydrogen-bond acceptors (Lipinski definition) is 3. The van der Waals surface area contributed by atoms with Crippen molar-refractivity contribution in [3.8, 4) is 0 Å². The first kappa shape index (κ1) is 9.98. The van der Waals surface area contributed by atoms with Gasteiger partial charge in [0, 0.05) is 23.7 Å². The predicted molar refractivity (Wildman–Crippen MR) is 60.9 cm³/mol. The second-order valence-electron chi connectivity index (χ2n) is 4.16. The Kier molecular flexibility index (Phi) is 2.16. The Morgan fingerprint density at radius 2 is 2.13 bits per heavy atom. The number of H-pyrrole nitrogens is 1. The third-order valence-corrected chi connectivity index (χ3v) is 2.51. The number of anilines is 1. The highest BCUT2D eigenvalue weighted by Gasteiger charge is 2.20. The summed E-state index contributed by atoms with van der Waals surface area (Å²) in [6.07, 6.45) is 1.77. The van der Waals surface area contributed by atoms with E-state index in [2.05, 4.69) is 15.5 Å². The van der Waals surface area contributed by atoms with Crippen LogP contribution in [-0.2, 0) is 5.60 Å². The quantitative estimate of drug-likeness (QED) is 0.701. The van der Waals surface area contributed by atoms with Crippen molar-refractivity contribution in [1.29, 1.82) is 0 Å². The van der Waals surface area contributed by atoms with Crippen molar-refractivity contribution in [1.82, 2.24) is 10.2 Å². The standard InChI is InChI=1S/C11H15N3O/c1-11(2,15)8-5-9-7(6-13-14-9)4-10(8)12-3/h4-6,12,15H,1-3H3,(H,13,14). The molecule has 0 unspecified atom stereocenters. The Balaban J connectivity index is 2.70. The number of aromatic amines is 1. The van der Waals surface area contributed by atoms with E-state index in [-0.39, 0.29) is 0 Å². The lowest BCUT2D eigenvalue weighted by Gasteiger charge is -2.21. The maximum absolute atomic E-state index is 10.0. The van der Waals surface area contributed by atoms with Gasteiger partial charge in [-0.15, -0.1) is 0 Å². The molecule has 80 valence electrons. The lowest BCUT2D eigenvalue weighted by Crippen LogP contribution is -2.17. The summed E-state index contributed by atoms with van der Waals surface area (Å²) in [6.45, 7) is 3.54. The molecule has 3 N–H and O–H groups in total. The minimum absolute atomic E-state index is 0.863. The maximum Gasteiger partial charge on any atom is 0.0861 e. The summed E-state index contributed by atoms with van der Waals surface area (Å²) >= 11 is 0. The topological polar surface area (TPSA) is 60.9 Å². The number of fused-ring (bicyclic) bond motifs is 1. The molecule has 0 aliphatic rings. The fraction of sp³-hybridized carbons (Fsp3) is 0.364. The summed E-state index contributed by atoms with van der Waals surface area (Å²) in [5, 5.41) is 21.0. The Bertz CT molecular complexity index is 482. The lowest BCUT2D eigenvalue weighted by atomic mass is 9.95. The number of nitrogens with zero attached hydrogens (tertiary/aromatic N) is 1. The molecule has 1 aromatic carbocycles. The van der Waals surface area contributed by atoms with Crippen molar-refractivity contribution in [3.63, 3.8) is 0 Å². The van der Waals surface area contributed by atoms with Gasteiger partial charge in [-0.2, -0.15) is 5.10 Å². The summed E-state index contributed by atoms with van der Waals surface area (Å²) in [5.41, 5.74) is 1.86. The first-order chi connectivity index (χ1) is 7.02. The van der Waals surface area contributed by atoms with Crippen molar-refractivity contribution in [3.05, 3.63) is 23.9 Å². The molecule has 0 saturated heterocycles. The Labute approximate surface area is 88.3 Å². The number of benzene rings is 1. The van der Waals surface area contributed by atoms with E-state index < -0.39 is 5.60 Å². The summed E-state index contributed by atoms with van der Waals surface area (Å²) in [5.74, 6) is 0. The number of hydrogen-bond donors (Lipinski definition) is 3. The van der Waals surface area contributed by atoms with Crippen LogP contribution in [0.4, 0.5) is 5.69 Å². The molecule has 0 fully saturated rings. The number of nitrogens with one attached hydrogen (secondary N) is 2. The van der Waals surface area contributed by atoms with Crippen LogP contribution in [0, 0.1) is 0 Å². The highest BCUT2D eigenvalue weighted by atomic mass is 16.3. The molecule has 0 saturated carbocycles. The minimum atomic E-state index is -0.863. The van der Waals surface area contributed by atoms with Crippen molar-refractivity contribution in [2.45, 2.75) is 19.4 Å². The molecule has 2 aromatic rings.